The summed E-state index contributed by atoms with van der Waals surface area (Å²) in [7, 11) is 1.99. The number of ether oxygens (including phenoxy) is 2. The zero-order valence-electron chi connectivity index (χ0n) is 18.8. The van der Waals surface area contributed by atoms with Crippen molar-refractivity contribution in [2.75, 3.05) is 39.1 Å². The van der Waals surface area contributed by atoms with Crippen molar-refractivity contribution in [3.8, 4) is 0 Å². The first kappa shape index (κ1) is 24.3. The second kappa shape index (κ2) is 11.0. The molecule has 0 spiro atoms. The van der Waals surface area contributed by atoms with E-state index in [-0.39, 0.29) is 13.2 Å². The molecule has 3 rings (SSSR count). The minimum Gasteiger partial charge on any atom is -0.465 e. The average Bonchev–Trinajstić information content (AvgIpc) is 3.16. The molecule has 172 valence electrons. The highest BCUT2D eigenvalue weighted by Crippen LogP contribution is 2.41. The summed E-state index contributed by atoms with van der Waals surface area (Å²) < 4.78 is 10.8. The number of nitrogens with zero attached hydrogens (tertiary/aromatic N) is 3. The first-order valence-corrected chi connectivity index (χ1v) is 12.0. The lowest BCUT2D eigenvalue weighted by Gasteiger charge is -2.32. The van der Waals surface area contributed by atoms with E-state index >= 15 is 0 Å². The van der Waals surface area contributed by atoms with Gasteiger partial charge in [0.05, 0.1) is 31.0 Å². The zero-order valence-corrected chi connectivity index (χ0v) is 20.3. The largest absolute Gasteiger partial charge is 0.465 e. The van der Waals surface area contributed by atoms with Gasteiger partial charge in [0.2, 0.25) is 0 Å². The molecule has 0 aromatic heterocycles. The molecule has 2 aliphatic rings. The number of likely N-dealkylation sites (N-methyl/N-ethyl adjacent to an activating group) is 1. The number of benzene rings is 1. The molecule has 9 heteroatoms. The van der Waals surface area contributed by atoms with E-state index in [1.54, 1.807) is 39.0 Å². The standard InChI is InChI=1S/C23H28ClN3O4S/c1-5-30-21(28)18-14(3)26-17(13-32-23-25-10-11-27(23)4)20(22(29)31-6-2)19(18)15-8-7-9-16(24)12-15/h7-9,12,18-19H,5-6,10-11,13H2,1-4H3. The van der Waals surface area contributed by atoms with Gasteiger partial charge < -0.3 is 14.4 Å². The summed E-state index contributed by atoms with van der Waals surface area (Å²) >= 11 is 7.79. The Bertz CT molecular complexity index is 976. The zero-order chi connectivity index (χ0) is 23.3. The maximum absolute atomic E-state index is 13.2. The normalized spacial score (nSPS) is 20.7. The lowest BCUT2D eigenvalue weighted by atomic mass is 9.75. The maximum Gasteiger partial charge on any atom is 0.336 e. The fraction of sp³-hybridized carbons (Fsp3) is 0.478. The molecule has 0 saturated carbocycles. The number of amidine groups is 1. The number of rotatable bonds is 7. The van der Waals surface area contributed by atoms with Crippen molar-refractivity contribution >= 4 is 46.2 Å². The lowest BCUT2D eigenvalue weighted by Crippen LogP contribution is -2.37. The summed E-state index contributed by atoms with van der Waals surface area (Å²) in [5, 5.41) is 1.42. The van der Waals surface area contributed by atoms with Crippen molar-refractivity contribution in [2.24, 2.45) is 15.9 Å². The van der Waals surface area contributed by atoms with E-state index in [1.165, 1.54) is 11.8 Å². The molecule has 0 fully saturated rings. The van der Waals surface area contributed by atoms with Crippen LogP contribution in [-0.4, -0.2) is 66.8 Å². The SMILES string of the molecule is CCOC(=O)C1=C(CSC2=NCCN2C)N=C(C)C(C(=O)OCC)C1c1cccc(Cl)c1. The molecule has 7 nitrogen and oxygen atoms in total. The topological polar surface area (TPSA) is 80.6 Å². The Morgan fingerprint density at radius 1 is 1.25 bits per heavy atom. The van der Waals surface area contributed by atoms with Crippen molar-refractivity contribution in [1.82, 2.24) is 4.90 Å². The Morgan fingerprint density at radius 3 is 2.62 bits per heavy atom. The summed E-state index contributed by atoms with van der Waals surface area (Å²) in [4.78, 5) is 37.5. The second-order valence-corrected chi connectivity index (χ2v) is 8.85. The minimum atomic E-state index is -0.743. The van der Waals surface area contributed by atoms with Gasteiger partial charge in [-0.15, -0.1) is 0 Å². The van der Waals surface area contributed by atoms with Gasteiger partial charge in [-0.2, -0.15) is 0 Å². The molecule has 0 N–H and O–H groups in total. The monoisotopic (exact) mass is 477 g/mol. The molecule has 1 aromatic carbocycles. The van der Waals surface area contributed by atoms with Crippen LogP contribution in [0.5, 0.6) is 0 Å². The van der Waals surface area contributed by atoms with Crippen molar-refractivity contribution in [1.29, 1.82) is 0 Å². The maximum atomic E-state index is 13.2. The number of thioether (sulfide) groups is 1. The van der Waals surface area contributed by atoms with Crippen LogP contribution in [0.2, 0.25) is 5.02 Å². The quantitative estimate of drug-likeness (QED) is 0.553. The molecule has 1 aromatic rings. The van der Waals surface area contributed by atoms with Crippen molar-refractivity contribution in [3.63, 3.8) is 0 Å². The number of aliphatic imine (C=N–C) groups is 2. The summed E-state index contributed by atoms with van der Waals surface area (Å²) in [6, 6.07) is 7.20. The predicted molar refractivity (Wildman–Crippen MR) is 128 cm³/mol. The van der Waals surface area contributed by atoms with Crippen molar-refractivity contribution in [2.45, 2.75) is 26.7 Å². The fourth-order valence-electron chi connectivity index (χ4n) is 3.89. The number of carbonyl (C=O) groups is 2. The molecule has 2 heterocycles. The number of halogens is 1. The third kappa shape index (κ3) is 5.35. The van der Waals surface area contributed by atoms with Crippen LogP contribution in [0.1, 0.15) is 32.3 Å². The van der Waals surface area contributed by atoms with Crippen LogP contribution in [0.25, 0.3) is 0 Å². The number of hydrogen-bond donors (Lipinski definition) is 0. The third-order valence-electron chi connectivity index (χ3n) is 5.31. The number of esters is 2. The van der Waals surface area contributed by atoms with Gasteiger partial charge in [-0.1, -0.05) is 35.5 Å². The van der Waals surface area contributed by atoms with Crippen LogP contribution in [0.15, 0.2) is 45.5 Å². The Balaban J connectivity index is 2.11. The van der Waals surface area contributed by atoms with Gasteiger partial charge >= 0.3 is 11.9 Å². The third-order valence-corrected chi connectivity index (χ3v) is 6.66. The predicted octanol–water partition coefficient (Wildman–Crippen LogP) is 3.93. The van der Waals surface area contributed by atoms with Gasteiger partial charge in [-0.25, -0.2) is 4.79 Å². The smallest absolute Gasteiger partial charge is 0.336 e. The van der Waals surface area contributed by atoms with Gasteiger partial charge in [-0.05, 0) is 38.5 Å². The Kier molecular flexibility index (Phi) is 8.37. The van der Waals surface area contributed by atoms with Gasteiger partial charge in [0.1, 0.15) is 5.92 Å². The van der Waals surface area contributed by atoms with Crippen LogP contribution >= 0.6 is 23.4 Å². The molecule has 0 radical (unpaired) electrons. The summed E-state index contributed by atoms with van der Waals surface area (Å²) in [5.41, 5.74) is 2.29. The number of hydrogen-bond acceptors (Lipinski definition) is 8. The van der Waals surface area contributed by atoms with Gasteiger partial charge in [0, 0.05) is 36.0 Å². The fourth-order valence-corrected chi connectivity index (χ4v) is 5.07. The summed E-state index contributed by atoms with van der Waals surface area (Å²) in [6.45, 7) is 7.37. The van der Waals surface area contributed by atoms with E-state index in [0.29, 0.717) is 27.8 Å². The molecule has 0 aliphatic carbocycles. The molecule has 2 unspecified atom stereocenters. The highest BCUT2D eigenvalue weighted by atomic mass is 35.5. The lowest BCUT2D eigenvalue weighted by molar-refractivity contribution is -0.146. The van der Waals surface area contributed by atoms with Crippen molar-refractivity contribution in [3.05, 3.63) is 46.1 Å². The average molecular weight is 478 g/mol. The van der Waals surface area contributed by atoms with Crippen LogP contribution in [0.3, 0.4) is 0 Å². The van der Waals surface area contributed by atoms with E-state index in [9.17, 15) is 9.59 Å². The molecular formula is C23H28ClN3O4S. The van der Waals surface area contributed by atoms with E-state index in [4.69, 9.17) is 26.1 Å². The highest BCUT2D eigenvalue weighted by Gasteiger charge is 2.43. The summed E-state index contributed by atoms with van der Waals surface area (Å²) in [5.74, 6) is -1.83. The van der Waals surface area contributed by atoms with Crippen LogP contribution in [0, 0.1) is 5.92 Å². The van der Waals surface area contributed by atoms with E-state index in [2.05, 4.69) is 9.89 Å². The van der Waals surface area contributed by atoms with Gasteiger partial charge in [0.15, 0.2) is 5.17 Å². The Hall–Kier alpha value is -2.32. The summed E-state index contributed by atoms with van der Waals surface area (Å²) in [6.07, 6.45) is 0. The van der Waals surface area contributed by atoms with Crippen molar-refractivity contribution < 1.29 is 19.1 Å². The molecular weight excluding hydrogens is 450 g/mol. The molecule has 0 amide bonds. The second-order valence-electron chi connectivity index (χ2n) is 7.47. The highest BCUT2D eigenvalue weighted by molar-refractivity contribution is 8.13. The molecule has 2 atom stereocenters. The Morgan fingerprint density at radius 2 is 2.00 bits per heavy atom. The minimum absolute atomic E-state index is 0.216. The van der Waals surface area contributed by atoms with E-state index in [1.807, 2.05) is 13.1 Å². The van der Waals surface area contributed by atoms with E-state index in [0.717, 1.165) is 23.8 Å². The number of carbonyl (C=O) groups excluding carboxylic acids is 2. The first-order valence-electron chi connectivity index (χ1n) is 10.6. The van der Waals surface area contributed by atoms with Crippen LogP contribution < -0.4 is 0 Å². The molecule has 2 aliphatic heterocycles. The molecule has 0 bridgehead atoms. The molecule has 0 saturated heterocycles. The first-order chi connectivity index (χ1) is 15.4. The van der Waals surface area contributed by atoms with Gasteiger partial charge in [0.25, 0.3) is 0 Å². The van der Waals surface area contributed by atoms with Crippen LogP contribution in [-0.2, 0) is 19.1 Å². The molecule has 32 heavy (non-hydrogen) atoms. The Labute approximate surface area is 197 Å². The van der Waals surface area contributed by atoms with E-state index < -0.39 is 23.8 Å². The van der Waals surface area contributed by atoms with Gasteiger partial charge in [-0.3, -0.25) is 14.8 Å². The van der Waals surface area contributed by atoms with Crippen LogP contribution in [0.4, 0.5) is 0 Å².